The summed E-state index contributed by atoms with van der Waals surface area (Å²) in [5.41, 5.74) is 1.12. The first-order chi connectivity index (χ1) is 9.74. The molecule has 1 N–H and O–H groups in total. The maximum Gasteiger partial charge on any atom is 0.193 e. The molecule has 8 heteroatoms. The van der Waals surface area contributed by atoms with Gasteiger partial charge in [-0.05, 0) is 6.26 Å². The van der Waals surface area contributed by atoms with Gasteiger partial charge in [-0.3, -0.25) is 9.67 Å². The molecule has 0 bridgehead atoms. The van der Waals surface area contributed by atoms with Crippen LogP contribution in [0, 0.1) is 0 Å². The molecule has 0 radical (unpaired) electrons. The maximum absolute atomic E-state index is 5.85. The van der Waals surface area contributed by atoms with Crippen LogP contribution in [0.25, 0.3) is 0 Å². The Balaban J connectivity index is 0.00000220. The van der Waals surface area contributed by atoms with Gasteiger partial charge in [0.2, 0.25) is 0 Å². The van der Waals surface area contributed by atoms with E-state index < -0.39 is 0 Å². The van der Waals surface area contributed by atoms with Crippen LogP contribution in [0.2, 0.25) is 0 Å². The van der Waals surface area contributed by atoms with Gasteiger partial charge >= 0.3 is 0 Å². The van der Waals surface area contributed by atoms with Crippen molar-refractivity contribution in [1.82, 2.24) is 20.0 Å². The van der Waals surface area contributed by atoms with Gasteiger partial charge in [0.15, 0.2) is 5.96 Å². The molecule has 21 heavy (non-hydrogen) atoms. The minimum atomic E-state index is 0. The quantitative estimate of drug-likeness (QED) is 0.342. The molecule has 120 valence electrons. The van der Waals surface area contributed by atoms with Crippen molar-refractivity contribution in [1.29, 1.82) is 0 Å². The van der Waals surface area contributed by atoms with Crippen molar-refractivity contribution in [2.45, 2.75) is 6.10 Å². The lowest BCUT2D eigenvalue weighted by Crippen LogP contribution is -2.48. The fraction of sp³-hybridized carbons (Fsp3) is 0.692. The molecule has 6 nitrogen and oxygen atoms in total. The normalized spacial score (nSPS) is 19.3. The number of morpholine rings is 1. The third-order valence-corrected chi connectivity index (χ3v) is 3.88. The molecule has 1 aromatic heterocycles. The summed E-state index contributed by atoms with van der Waals surface area (Å²) in [6.45, 7) is 3.33. The molecule has 0 aliphatic carbocycles. The molecular weight excluding hydrogens is 401 g/mol. The van der Waals surface area contributed by atoms with Gasteiger partial charge in [0.05, 0.1) is 19.3 Å². The first-order valence-corrected chi connectivity index (χ1v) is 8.18. The molecule has 1 saturated heterocycles. The standard InChI is InChI=1S/C13H23N5OS.HI/c1-14-13(15-4-7-20-3)18-5-6-19-12(10-18)11-8-16-17(2)9-11;/h8-9,12H,4-7,10H2,1-3H3,(H,14,15);1H. The molecule has 1 aromatic rings. The number of hydrogen-bond acceptors (Lipinski definition) is 4. The Morgan fingerprint density at radius 1 is 1.62 bits per heavy atom. The highest BCUT2D eigenvalue weighted by molar-refractivity contribution is 14.0. The maximum atomic E-state index is 5.85. The zero-order valence-corrected chi connectivity index (χ0v) is 15.9. The van der Waals surface area contributed by atoms with Gasteiger partial charge in [-0.15, -0.1) is 24.0 Å². The van der Waals surface area contributed by atoms with Crippen LogP contribution in [-0.4, -0.2) is 65.9 Å². The van der Waals surface area contributed by atoms with Crippen LogP contribution in [0.1, 0.15) is 11.7 Å². The topological polar surface area (TPSA) is 54.7 Å². The number of thioether (sulfide) groups is 1. The van der Waals surface area contributed by atoms with E-state index in [1.54, 1.807) is 0 Å². The van der Waals surface area contributed by atoms with Gasteiger partial charge < -0.3 is 15.0 Å². The number of aliphatic imine (C=N–C) groups is 1. The summed E-state index contributed by atoms with van der Waals surface area (Å²) in [5, 5.41) is 7.61. The fourth-order valence-electron chi connectivity index (χ4n) is 2.25. The largest absolute Gasteiger partial charge is 0.370 e. The molecule has 1 atom stereocenters. The van der Waals surface area contributed by atoms with Crippen molar-refractivity contribution in [2.75, 3.05) is 45.3 Å². The molecule has 1 aliphatic heterocycles. The van der Waals surface area contributed by atoms with Crippen LogP contribution in [0.5, 0.6) is 0 Å². The van der Waals surface area contributed by atoms with Gasteiger partial charge in [0, 0.05) is 44.7 Å². The predicted octanol–water partition coefficient (Wildman–Crippen LogP) is 1.35. The first kappa shape index (κ1) is 18.6. The lowest BCUT2D eigenvalue weighted by atomic mass is 10.1. The van der Waals surface area contributed by atoms with Crippen LogP contribution in [0.15, 0.2) is 17.4 Å². The van der Waals surface area contributed by atoms with Crippen molar-refractivity contribution in [3.05, 3.63) is 18.0 Å². The number of rotatable bonds is 4. The Labute approximate surface area is 147 Å². The minimum Gasteiger partial charge on any atom is -0.370 e. The highest BCUT2D eigenvalue weighted by Crippen LogP contribution is 2.21. The molecule has 1 aliphatic rings. The van der Waals surface area contributed by atoms with Crippen LogP contribution in [-0.2, 0) is 11.8 Å². The first-order valence-electron chi connectivity index (χ1n) is 6.79. The SMILES string of the molecule is CN=C(NCCSC)N1CCOC(c2cnn(C)c2)C1.I. The van der Waals surface area contributed by atoms with E-state index in [1.807, 2.05) is 42.9 Å². The van der Waals surface area contributed by atoms with Crippen LogP contribution >= 0.6 is 35.7 Å². The molecular formula is C13H24IN5OS. The van der Waals surface area contributed by atoms with Gasteiger partial charge in [-0.25, -0.2) is 0 Å². The third-order valence-electron chi connectivity index (χ3n) is 3.26. The Kier molecular flexibility index (Phi) is 8.42. The molecule has 2 heterocycles. The predicted molar refractivity (Wildman–Crippen MR) is 98.6 cm³/mol. The van der Waals surface area contributed by atoms with Crippen molar-refractivity contribution >= 4 is 41.7 Å². The lowest BCUT2D eigenvalue weighted by Gasteiger charge is -2.34. The number of guanidine groups is 1. The second kappa shape index (κ2) is 9.52. The summed E-state index contributed by atoms with van der Waals surface area (Å²) >= 11 is 1.83. The van der Waals surface area contributed by atoms with Crippen molar-refractivity contribution in [2.24, 2.45) is 12.0 Å². The molecule has 0 amide bonds. The minimum absolute atomic E-state index is 0. The smallest absolute Gasteiger partial charge is 0.193 e. The molecule has 0 saturated carbocycles. The number of hydrogen-bond donors (Lipinski definition) is 1. The van der Waals surface area contributed by atoms with E-state index in [4.69, 9.17) is 4.74 Å². The van der Waals surface area contributed by atoms with Gasteiger partial charge in [0.25, 0.3) is 0 Å². The van der Waals surface area contributed by atoms with E-state index in [0.717, 1.165) is 36.9 Å². The highest BCUT2D eigenvalue weighted by Gasteiger charge is 2.24. The monoisotopic (exact) mass is 425 g/mol. The highest BCUT2D eigenvalue weighted by atomic mass is 127. The average Bonchev–Trinajstić information content (AvgIpc) is 2.90. The fourth-order valence-corrected chi connectivity index (χ4v) is 2.55. The van der Waals surface area contributed by atoms with E-state index in [2.05, 4.69) is 26.6 Å². The zero-order valence-electron chi connectivity index (χ0n) is 12.8. The number of ether oxygens (including phenoxy) is 1. The molecule has 0 aromatic carbocycles. The number of aromatic nitrogens is 2. The van der Waals surface area contributed by atoms with Crippen molar-refractivity contribution < 1.29 is 4.74 Å². The average molecular weight is 425 g/mol. The summed E-state index contributed by atoms with van der Waals surface area (Å²) in [4.78, 5) is 6.61. The molecule has 2 rings (SSSR count). The van der Waals surface area contributed by atoms with Crippen LogP contribution in [0.3, 0.4) is 0 Å². The number of nitrogens with one attached hydrogen (secondary N) is 1. The second-order valence-corrected chi connectivity index (χ2v) is 5.71. The van der Waals surface area contributed by atoms with Crippen LogP contribution < -0.4 is 5.32 Å². The Bertz CT molecular complexity index is 454. The number of nitrogens with zero attached hydrogens (tertiary/aromatic N) is 4. The van der Waals surface area contributed by atoms with Gasteiger partial charge in [-0.1, -0.05) is 0 Å². The molecule has 0 spiro atoms. The van der Waals surface area contributed by atoms with E-state index in [1.165, 1.54) is 0 Å². The lowest BCUT2D eigenvalue weighted by molar-refractivity contribution is -0.00798. The summed E-state index contributed by atoms with van der Waals surface area (Å²) in [6, 6.07) is 0. The third kappa shape index (κ3) is 5.33. The zero-order chi connectivity index (χ0) is 14.4. The molecule has 1 unspecified atom stereocenters. The van der Waals surface area contributed by atoms with Gasteiger partial charge in [-0.2, -0.15) is 16.9 Å². The number of halogens is 1. The van der Waals surface area contributed by atoms with Crippen LogP contribution in [0.4, 0.5) is 0 Å². The van der Waals surface area contributed by atoms with E-state index in [9.17, 15) is 0 Å². The number of aryl methyl sites for hydroxylation is 1. The Hall–Kier alpha value is -0.480. The van der Waals surface area contributed by atoms with E-state index >= 15 is 0 Å². The molecule has 1 fully saturated rings. The Morgan fingerprint density at radius 3 is 3.05 bits per heavy atom. The summed E-state index contributed by atoms with van der Waals surface area (Å²) < 4.78 is 7.65. The second-order valence-electron chi connectivity index (χ2n) is 4.72. The van der Waals surface area contributed by atoms with Crippen molar-refractivity contribution in [3.63, 3.8) is 0 Å². The Morgan fingerprint density at radius 2 is 2.43 bits per heavy atom. The van der Waals surface area contributed by atoms with E-state index in [0.29, 0.717) is 6.61 Å². The summed E-state index contributed by atoms with van der Waals surface area (Å²) in [7, 11) is 3.75. The summed E-state index contributed by atoms with van der Waals surface area (Å²) in [5.74, 6) is 2.03. The van der Waals surface area contributed by atoms with Gasteiger partial charge in [0.1, 0.15) is 6.10 Å². The van der Waals surface area contributed by atoms with E-state index in [-0.39, 0.29) is 30.1 Å². The van der Waals surface area contributed by atoms with Crippen molar-refractivity contribution in [3.8, 4) is 0 Å². The summed E-state index contributed by atoms with van der Waals surface area (Å²) in [6.07, 6.45) is 6.06.